The molecule has 1 saturated heterocycles. The van der Waals surface area contributed by atoms with Gasteiger partial charge in [-0.25, -0.2) is 9.97 Å². The van der Waals surface area contributed by atoms with E-state index in [2.05, 4.69) is 31.5 Å². The van der Waals surface area contributed by atoms with Crippen molar-refractivity contribution < 1.29 is 4.79 Å². The van der Waals surface area contributed by atoms with Gasteiger partial charge in [-0.2, -0.15) is 5.10 Å². The Kier molecular flexibility index (Phi) is 6.07. The third-order valence-electron chi connectivity index (χ3n) is 8.37. The predicted molar refractivity (Wildman–Crippen MR) is 139 cm³/mol. The highest BCUT2D eigenvalue weighted by molar-refractivity contribution is 5.76. The van der Waals surface area contributed by atoms with Crippen molar-refractivity contribution in [3.8, 4) is 11.4 Å². The molecule has 0 bridgehead atoms. The van der Waals surface area contributed by atoms with E-state index in [4.69, 9.17) is 15.7 Å². The number of nitrogens with zero attached hydrogens (tertiary/aromatic N) is 5. The van der Waals surface area contributed by atoms with Gasteiger partial charge in [0.1, 0.15) is 17.5 Å². The van der Waals surface area contributed by atoms with E-state index < -0.39 is 0 Å². The molecule has 4 heterocycles. The summed E-state index contributed by atoms with van der Waals surface area (Å²) < 4.78 is 0. The Hall–Kier alpha value is -3.49. The van der Waals surface area contributed by atoms with E-state index in [1.807, 2.05) is 18.2 Å². The average Bonchev–Trinajstić information content (AvgIpc) is 3.66. The zero-order valence-corrected chi connectivity index (χ0v) is 20.6. The quantitative estimate of drug-likeness (QED) is 0.467. The number of pyridine rings is 1. The summed E-state index contributed by atoms with van der Waals surface area (Å²) in [5.74, 6) is 3.47. The summed E-state index contributed by atoms with van der Waals surface area (Å²) >= 11 is 0. The Bertz CT molecular complexity index is 1220. The van der Waals surface area contributed by atoms with Crippen LogP contribution in [-0.2, 0) is 4.79 Å². The molecule has 1 amide bonds. The van der Waals surface area contributed by atoms with Crippen LogP contribution < -0.4 is 16.0 Å². The fourth-order valence-corrected chi connectivity index (χ4v) is 6.45. The number of nitrogens with one attached hydrogen (secondary N) is 2. The average molecular weight is 487 g/mol. The second-order valence-corrected chi connectivity index (χ2v) is 10.9. The largest absolute Gasteiger partial charge is 0.369 e. The molecule has 4 N–H and O–H groups in total. The molecule has 36 heavy (non-hydrogen) atoms. The number of primary amides is 1. The number of anilines is 3. The van der Waals surface area contributed by atoms with Crippen LogP contribution in [0.25, 0.3) is 11.4 Å². The Morgan fingerprint density at radius 1 is 1.14 bits per heavy atom. The van der Waals surface area contributed by atoms with Gasteiger partial charge in [0.25, 0.3) is 0 Å². The summed E-state index contributed by atoms with van der Waals surface area (Å²) in [4.78, 5) is 28.3. The van der Waals surface area contributed by atoms with Crippen molar-refractivity contribution in [1.82, 2.24) is 25.1 Å². The van der Waals surface area contributed by atoms with Crippen LogP contribution in [0.15, 0.2) is 36.7 Å². The molecule has 2 aliphatic carbocycles. The molecular weight excluding hydrogens is 452 g/mol. The van der Waals surface area contributed by atoms with E-state index in [-0.39, 0.29) is 17.2 Å². The Morgan fingerprint density at radius 2 is 2.03 bits per heavy atom. The standard InChI is InChI=1S/C27H34N8O/c28-25(36)19-7-3-9-27(15-19)10-12-35(17-27)24-14-22(31-26(32-24)20-8-4-11-29-16-20)30-23-13-21(33-34-23)18-5-1-2-6-18/h4,8,11,13-14,16,18-19H,1-3,5-7,9-10,12,15,17H2,(H2,28,36)(H2,30,31,32,33,34). The maximum atomic E-state index is 11.9. The first kappa shape index (κ1) is 22.9. The first-order valence-electron chi connectivity index (χ1n) is 13.2. The van der Waals surface area contributed by atoms with Gasteiger partial charge in [-0.1, -0.05) is 19.3 Å². The van der Waals surface area contributed by atoms with Crippen molar-refractivity contribution in [1.29, 1.82) is 0 Å². The van der Waals surface area contributed by atoms with Gasteiger partial charge in [-0.15, -0.1) is 0 Å². The highest BCUT2D eigenvalue weighted by Crippen LogP contribution is 2.47. The van der Waals surface area contributed by atoms with Crippen molar-refractivity contribution in [2.75, 3.05) is 23.3 Å². The number of aromatic amines is 1. The third kappa shape index (κ3) is 4.66. The zero-order valence-electron chi connectivity index (χ0n) is 20.6. The third-order valence-corrected chi connectivity index (χ3v) is 8.37. The first-order chi connectivity index (χ1) is 17.6. The maximum Gasteiger partial charge on any atom is 0.220 e. The predicted octanol–water partition coefficient (Wildman–Crippen LogP) is 4.53. The van der Waals surface area contributed by atoms with Crippen LogP contribution >= 0.6 is 0 Å². The van der Waals surface area contributed by atoms with Gasteiger partial charge < -0.3 is 16.0 Å². The molecule has 0 radical (unpaired) electrons. The lowest BCUT2D eigenvalue weighted by molar-refractivity contribution is -0.124. The second kappa shape index (κ2) is 9.52. The summed E-state index contributed by atoms with van der Waals surface area (Å²) in [6, 6.07) is 8.01. The topological polar surface area (TPSA) is 126 Å². The van der Waals surface area contributed by atoms with Crippen molar-refractivity contribution >= 4 is 23.4 Å². The van der Waals surface area contributed by atoms with Gasteiger partial charge in [0, 0.05) is 55.0 Å². The van der Waals surface area contributed by atoms with Crippen molar-refractivity contribution in [3.05, 3.63) is 42.4 Å². The van der Waals surface area contributed by atoms with Gasteiger partial charge >= 0.3 is 0 Å². The van der Waals surface area contributed by atoms with Crippen LogP contribution in [0.2, 0.25) is 0 Å². The van der Waals surface area contributed by atoms with Gasteiger partial charge in [-0.05, 0) is 56.1 Å². The number of H-pyrrole nitrogens is 1. The minimum absolute atomic E-state index is 0.0123. The van der Waals surface area contributed by atoms with E-state index in [9.17, 15) is 4.79 Å². The molecule has 1 spiro atoms. The summed E-state index contributed by atoms with van der Waals surface area (Å²) in [6.45, 7) is 1.79. The highest BCUT2D eigenvalue weighted by Gasteiger charge is 2.43. The van der Waals surface area contributed by atoms with Crippen LogP contribution in [0.4, 0.5) is 17.5 Å². The Balaban J connectivity index is 1.27. The summed E-state index contributed by atoms with van der Waals surface area (Å²) in [5.41, 5.74) is 7.82. The van der Waals surface area contributed by atoms with Gasteiger partial charge in [0.2, 0.25) is 5.91 Å². The number of amides is 1. The number of hydrogen-bond donors (Lipinski definition) is 3. The number of carbonyl (C=O) groups is 1. The fraction of sp³-hybridized carbons (Fsp3) is 0.519. The lowest BCUT2D eigenvalue weighted by atomic mass is 9.69. The van der Waals surface area contributed by atoms with E-state index in [0.29, 0.717) is 11.7 Å². The molecule has 6 rings (SSSR count). The van der Waals surface area contributed by atoms with Crippen molar-refractivity contribution in [3.63, 3.8) is 0 Å². The van der Waals surface area contributed by atoms with Gasteiger partial charge in [-0.3, -0.25) is 14.9 Å². The lowest BCUT2D eigenvalue weighted by Crippen LogP contribution is -2.37. The summed E-state index contributed by atoms with van der Waals surface area (Å²) in [7, 11) is 0. The minimum atomic E-state index is -0.156. The number of rotatable bonds is 6. The fourth-order valence-electron chi connectivity index (χ4n) is 6.45. The lowest BCUT2D eigenvalue weighted by Gasteiger charge is -2.37. The molecule has 3 aromatic rings. The van der Waals surface area contributed by atoms with E-state index in [0.717, 1.165) is 73.9 Å². The van der Waals surface area contributed by atoms with E-state index in [1.54, 1.807) is 12.4 Å². The molecule has 9 heteroatoms. The molecule has 2 atom stereocenters. The molecule has 2 unspecified atom stereocenters. The van der Waals surface area contributed by atoms with E-state index >= 15 is 0 Å². The van der Waals surface area contributed by atoms with E-state index in [1.165, 1.54) is 25.7 Å². The molecule has 188 valence electrons. The minimum Gasteiger partial charge on any atom is -0.369 e. The molecule has 3 fully saturated rings. The number of carbonyl (C=O) groups excluding carboxylic acids is 1. The maximum absolute atomic E-state index is 11.9. The number of hydrogen-bond acceptors (Lipinski definition) is 7. The number of aromatic nitrogens is 5. The second-order valence-electron chi connectivity index (χ2n) is 10.9. The Labute approximate surface area is 211 Å². The SMILES string of the molecule is NC(=O)C1CCCC2(CCN(c3cc(Nc4cc(C5CCCC5)n[nH]4)nc(-c4cccnc4)n3)C2)C1. The molecule has 1 aliphatic heterocycles. The van der Waals surface area contributed by atoms with Crippen LogP contribution in [0.5, 0.6) is 0 Å². The van der Waals surface area contributed by atoms with Gasteiger partial charge in [0.05, 0.1) is 5.69 Å². The van der Waals surface area contributed by atoms with Crippen LogP contribution in [0.3, 0.4) is 0 Å². The highest BCUT2D eigenvalue weighted by atomic mass is 16.1. The smallest absolute Gasteiger partial charge is 0.220 e. The Morgan fingerprint density at radius 3 is 2.83 bits per heavy atom. The molecule has 0 aromatic carbocycles. The molecular formula is C27H34N8O. The first-order valence-corrected chi connectivity index (χ1v) is 13.2. The van der Waals surface area contributed by atoms with Crippen LogP contribution in [0, 0.1) is 11.3 Å². The van der Waals surface area contributed by atoms with Gasteiger partial charge in [0.15, 0.2) is 5.82 Å². The monoisotopic (exact) mass is 486 g/mol. The molecule has 3 aromatic heterocycles. The summed E-state index contributed by atoms with van der Waals surface area (Å²) in [5, 5.41) is 11.2. The normalized spacial score (nSPS) is 24.4. The van der Waals surface area contributed by atoms with Crippen molar-refractivity contribution in [2.24, 2.45) is 17.1 Å². The van der Waals surface area contributed by atoms with Crippen LogP contribution in [0.1, 0.15) is 69.4 Å². The van der Waals surface area contributed by atoms with Crippen LogP contribution in [-0.4, -0.2) is 44.1 Å². The zero-order chi connectivity index (χ0) is 24.5. The van der Waals surface area contributed by atoms with Crippen molar-refractivity contribution in [2.45, 2.75) is 63.7 Å². The summed E-state index contributed by atoms with van der Waals surface area (Å²) in [6.07, 6.45) is 13.6. The molecule has 9 nitrogen and oxygen atoms in total. The molecule has 2 saturated carbocycles. The molecule has 3 aliphatic rings. The number of nitrogens with two attached hydrogens (primary N) is 1.